The van der Waals surface area contributed by atoms with Crippen molar-refractivity contribution in [3.8, 4) is 0 Å². The van der Waals surface area contributed by atoms with Crippen LogP contribution in [-0.2, 0) is 11.8 Å². The average molecular weight is 451 g/mol. The van der Waals surface area contributed by atoms with Gasteiger partial charge >= 0.3 is 5.97 Å². The van der Waals surface area contributed by atoms with Gasteiger partial charge in [-0.1, -0.05) is 11.6 Å². The topological polar surface area (TPSA) is 130 Å². The van der Waals surface area contributed by atoms with E-state index in [4.69, 9.17) is 22.4 Å². The SMILES string of the molecule is Cn1nc(C2CC3CC(O)(CC(=O)O)C[C@@H]3C2)c(C(=O)Nc2ccc(F)c(Cl)c2)c1N. The third-order valence-electron chi connectivity index (χ3n) is 6.52. The molecule has 4 atom stereocenters. The Hall–Kier alpha value is -2.65. The quantitative estimate of drug-likeness (QED) is 0.553. The van der Waals surface area contributed by atoms with Crippen LogP contribution < -0.4 is 11.1 Å². The van der Waals surface area contributed by atoms with E-state index < -0.39 is 23.3 Å². The second kappa shape index (κ2) is 7.80. The monoisotopic (exact) mass is 450 g/mol. The Balaban J connectivity index is 1.53. The van der Waals surface area contributed by atoms with Gasteiger partial charge in [-0.3, -0.25) is 14.3 Å². The number of carboxylic acid groups (broad SMARTS) is 1. The van der Waals surface area contributed by atoms with Gasteiger partial charge in [0, 0.05) is 18.7 Å². The molecular weight excluding hydrogens is 427 g/mol. The van der Waals surface area contributed by atoms with Gasteiger partial charge in [-0.25, -0.2) is 4.39 Å². The average Bonchev–Trinajstić information content (AvgIpc) is 3.27. The number of anilines is 2. The van der Waals surface area contributed by atoms with Crippen molar-refractivity contribution in [1.82, 2.24) is 9.78 Å². The maximum absolute atomic E-state index is 13.4. The number of carbonyl (C=O) groups is 2. The summed E-state index contributed by atoms with van der Waals surface area (Å²) in [6.07, 6.45) is 2.00. The normalized spacial score (nSPS) is 27.3. The predicted molar refractivity (Wildman–Crippen MR) is 112 cm³/mol. The number of carboxylic acids is 1. The molecule has 2 saturated carbocycles. The molecule has 0 radical (unpaired) electrons. The van der Waals surface area contributed by atoms with Gasteiger partial charge in [-0.2, -0.15) is 5.10 Å². The molecule has 2 fully saturated rings. The number of amides is 1. The molecule has 1 aromatic heterocycles. The third kappa shape index (κ3) is 4.12. The van der Waals surface area contributed by atoms with Crippen LogP contribution in [0.4, 0.5) is 15.9 Å². The van der Waals surface area contributed by atoms with Crippen LogP contribution in [0.5, 0.6) is 0 Å². The van der Waals surface area contributed by atoms with E-state index in [0.29, 0.717) is 37.1 Å². The summed E-state index contributed by atoms with van der Waals surface area (Å²) in [4.78, 5) is 24.1. The van der Waals surface area contributed by atoms with Gasteiger partial charge in [0.05, 0.1) is 22.7 Å². The Morgan fingerprint density at radius 1 is 1.35 bits per heavy atom. The smallest absolute Gasteiger partial charge is 0.306 e. The fraction of sp³-hybridized carbons (Fsp3) is 0.476. The van der Waals surface area contributed by atoms with Crippen LogP contribution in [0.2, 0.25) is 5.02 Å². The molecule has 166 valence electrons. The largest absolute Gasteiger partial charge is 0.481 e. The first-order valence-electron chi connectivity index (χ1n) is 10.1. The van der Waals surface area contributed by atoms with Crippen LogP contribution in [0.25, 0.3) is 0 Å². The van der Waals surface area contributed by atoms with Crippen LogP contribution >= 0.6 is 11.6 Å². The summed E-state index contributed by atoms with van der Waals surface area (Å²) in [6.45, 7) is 0. The number of aryl methyl sites for hydroxylation is 1. The van der Waals surface area contributed by atoms with Crippen molar-refractivity contribution in [3.63, 3.8) is 0 Å². The van der Waals surface area contributed by atoms with Crippen molar-refractivity contribution in [2.45, 2.75) is 43.6 Å². The summed E-state index contributed by atoms with van der Waals surface area (Å²) < 4.78 is 14.9. The fourth-order valence-corrected chi connectivity index (χ4v) is 5.45. The van der Waals surface area contributed by atoms with Gasteiger partial charge in [0.25, 0.3) is 5.91 Å². The van der Waals surface area contributed by atoms with E-state index in [2.05, 4.69) is 10.4 Å². The first kappa shape index (κ1) is 21.6. The van der Waals surface area contributed by atoms with Crippen LogP contribution in [0.1, 0.15) is 54.1 Å². The van der Waals surface area contributed by atoms with E-state index in [-0.39, 0.29) is 40.6 Å². The van der Waals surface area contributed by atoms with E-state index in [1.54, 1.807) is 7.05 Å². The van der Waals surface area contributed by atoms with Crippen molar-refractivity contribution in [3.05, 3.63) is 40.3 Å². The zero-order valence-corrected chi connectivity index (χ0v) is 17.7. The highest BCUT2D eigenvalue weighted by atomic mass is 35.5. The number of nitrogen functional groups attached to an aromatic ring is 1. The predicted octanol–water partition coefficient (Wildman–Crippen LogP) is 3.16. The van der Waals surface area contributed by atoms with E-state index in [1.807, 2.05) is 0 Å². The minimum Gasteiger partial charge on any atom is -0.481 e. The molecule has 2 aromatic rings. The van der Waals surface area contributed by atoms with Gasteiger partial charge in [0.15, 0.2) is 0 Å². The second-order valence-corrected chi connectivity index (χ2v) is 9.15. The zero-order chi connectivity index (χ0) is 22.5. The Labute approximate surface area is 183 Å². The van der Waals surface area contributed by atoms with E-state index in [9.17, 15) is 19.1 Å². The lowest BCUT2D eigenvalue weighted by Gasteiger charge is -2.22. The van der Waals surface area contributed by atoms with Crippen molar-refractivity contribution in [2.24, 2.45) is 18.9 Å². The van der Waals surface area contributed by atoms with Gasteiger partial charge in [0.2, 0.25) is 0 Å². The number of halogens is 2. The number of aromatic nitrogens is 2. The molecule has 8 nitrogen and oxygen atoms in total. The summed E-state index contributed by atoms with van der Waals surface area (Å²) in [7, 11) is 1.66. The van der Waals surface area contributed by atoms with Crippen LogP contribution in [0.3, 0.4) is 0 Å². The molecule has 4 rings (SSSR count). The molecule has 0 spiro atoms. The molecule has 1 aromatic carbocycles. The number of fused-ring (bicyclic) bond motifs is 1. The number of hydrogen-bond donors (Lipinski definition) is 4. The molecule has 1 heterocycles. The number of benzene rings is 1. The summed E-state index contributed by atoms with van der Waals surface area (Å²) in [6, 6.07) is 3.90. The first-order chi connectivity index (χ1) is 14.6. The number of carbonyl (C=O) groups excluding carboxylic acids is 1. The number of hydrogen-bond acceptors (Lipinski definition) is 5. The van der Waals surface area contributed by atoms with Crippen molar-refractivity contribution in [2.75, 3.05) is 11.1 Å². The lowest BCUT2D eigenvalue weighted by molar-refractivity contribution is -0.142. The van der Waals surface area contributed by atoms with Crippen molar-refractivity contribution < 1.29 is 24.2 Å². The lowest BCUT2D eigenvalue weighted by atomic mass is 9.90. The highest BCUT2D eigenvalue weighted by Gasteiger charge is 2.50. The molecule has 0 aliphatic heterocycles. The number of nitrogens with two attached hydrogens (primary N) is 1. The van der Waals surface area contributed by atoms with Crippen molar-refractivity contribution >= 4 is 35.0 Å². The fourth-order valence-electron chi connectivity index (χ4n) is 5.26. The molecule has 0 bridgehead atoms. The number of nitrogens with one attached hydrogen (secondary N) is 1. The van der Waals surface area contributed by atoms with E-state index in [0.717, 1.165) is 0 Å². The minimum atomic E-state index is -1.17. The molecule has 5 N–H and O–H groups in total. The Bertz CT molecular complexity index is 1040. The maximum atomic E-state index is 13.4. The summed E-state index contributed by atoms with van der Waals surface area (Å²) in [5, 5.41) is 26.7. The standard InChI is InChI=1S/C21H24ClFN4O4/c1-27-19(24)17(20(30)25-13-2-3-15(23)14(22)6-13)18(26-27)10-4-11-7-21(31,9-16(28)29)8-12(11)5-10/h2-3,6,10-12,31H,4-5,7-9,24H2,1H3,(H,25,30)(H,28,29)/t10?,11-,12?,21?/m0/s1. The molecule has 0 saturated heterocycles. The highest BCUT2D eigenvalue weighted by molar-refractivity contribution is 6.31. The van der Waals surface area contributed by atoms with Crippen molar-refractivity contribution in [1.29, 1.82) is 0 Å². The molecule has 3 unspecified atom stereocenters. The molecular formula is C21H24ClFN4O4. The van der Waals surface area contributed by atoms with E-state index >= 15 is 0 Å². The van der Waals surface area contributed by atoms with Gasteiger partial charge in [-0.05, 0) is 55.7 Å². The molecule has 1 amide bonds. The molecule has 10 heteroatoms. The second-order valence-electron chi connectivity index (χ2n) is 8.74. The maximum Gasteiger partial charge on any atom is 0.306 e. The Kier molecular flexibility index (Phi) is 5.43. The van der Waals surface area contributed by atoms with Gasteiger partial charge in [0.1, 0.15) is 17.2 Å². The number of nitrogens with zero attached hydrogens (tertiary/aromatic N) is 2. The van der Waals surface area contributed by atoms with Crippen LogP contribution in [0.15, 0.2) is 18.2 Å². The molecule has 2 aliphatic carbocycles. The third-order valence-corrected chi connectivity index (χ3v) is 6.81. The Morgan fingerprint density at radius 3 is 2.58 bits per heavy atom. The zero-order valence-electron chi connectivity index (χ0n) is 16.9. The number of rotatable bonds is 5. The van der Waals surface area contributed by atoms with Crippen LogP contribution in [-0.4, -0.2) is 37.5 Å². The number of aliphatic hydroxyl groups is 1. The molecule has 2 aliphatic rings. The summed E-state index contributed by atoms with van der Waals surface area (Å²) in [5.74, 6) is -1.50. The van der Waals surface area contributed by atoms with E-state index in [1.165, 1.54) is 22.9 Å². The van der Waals surface area contributed by atoms with Crippen LogP contribution in [0, 0.1) is 17.7 Å². The first-order valence-corrected chi connectivity index (χ1v) is 10.5. The summed E-state index contributed by atoms with van der Waals surface area (Å²) >= 11 is 5.80. The van der Waals surface area contributed by atoms with Gasteiger partial charge < -0.3 is 21.3 Å². The summed E-state index contributed by atoms with van der Waals surface area (Å²) in [5.41, 5.74) is 6.17. The Morgan fingerprint density at radius 2 is 2.00 bits per heavy atom. The van der Waals surface area contributed by atoms with Gasteiger partial charge in [-0.15, -0.1) is 0 Å². The lowest BCUT2D eigenvalue weighted by Crippen LogP contribution is -2.29. The highest BCUT2D eigenvalue weighted by Crippen LogP contribution is 2.55. The number of aliphatic carboxylic acids is 1. The molecule has 31 heavy (non-hydrogen) atoms. The minimum absolute atomic E-state index is 0.0227.